The van der Waals surface area contributed by atoms with Crippen molar-refractivity contribution in [2.24, 2.45) is 5.73 Å². The van der Waals surface area contributed by atoms with Crippen molar-refractivity contribution in [1.82, 2.24) is 4.90 Å². The van der Waals surface area contributed by atoms with Gasteiger partial charge in [0.1, 0.15) is 0 Å². The molecular weight excluding hydrogens is 282 g/mol. The number of primary amides is 1. The summed E-state index contributed by atoms with van der Waals surface area (Å²) >= 11 is 0. The minimum atomic E-state index is -3.51. The van der Waals surface area contributed by atoms with E-state index in [0.29, 0.717) is 0 Å². The van der Waals surface area contributed by atoms with Crippen LogP contribution >= 0.6 is 0 Å². The number of nitrogens with two attached hydrogens (primary N) is 1. The number of carbonyl (C=O) groups is 2. The maximum Gasteiger partial charge on any atom is 0.335 e. The van der Waals surface area contributed by atoms with Crippen LogP contribution in [0.3, 0.4) is 0 Å². The molecule has 20 heavy (non-hydrogen) atoms. The highest BCUT2D eigenvalue weighted by molar-refractivity contribution is 7.91. The lowest BCUT2D eigenvalue weighted by molar-refractivity contribution is -0.122. The largest absolute Gasteiger partial charge is 0.350 e. The number of urea groups is 1. The summed E-state index contributed by atoms with van der Waals surface area (Å²) in [6.45, 7) is 0. The van der Waals surface area contributed by atoms with Crippen LogP contribution in [0.2, 0.25) is 0 Å². The Hall–Kier alpha value is -2.40. The summed E-state index contributed by atoms with van der Waals surface area (Å²) in [7, 11) is -3.51. The Labute approximate surface area is 116 Å². The van der Waals surface area contributed by atoms with E-state index >= 15 is 0 Å². The minimum Gasteiger partial charge on any atom is -0.350 e. The van der Waals surface area contributed by atoms with Gasteiger partial charge in [0, 0.05) is 0 Å². The van der Waals surface area contributed by atoms with E-state index in [4.69, 9.17) is 11.0 Å². The number of hydrogen-bond acceptors (Lipinski definition) is 5. The molecule has 0 spiro atoms. The van der Waals surface area contributed by atoms with Crippen LogP contribution in [0.1, 0.15) is 6.42 Å². The molecule has 0 aliphatic rings. The highest BCUT2D eigenvalue weighted by atomic mass is 32.2. The monoisotopic (exact) mass is 294 g/mol. The van der Waals surface area contributed by atoms with Crippen LogP contribution in [0, 0.1) is 17.9 Å². The molecule has 2 N–H and O–H groups in total. The van der Waals surface area contributed by atoms with Crippen molar-refractivity contribution in [1.29, 1.82) is 5.26 Å². The van der Waals surface area contributed by atoms with E-state index in [1.165, 1.54) is 18.3 Å². The molecule has 105 valence electrons. The van der Waals surface area contributed by atoms with Crippen LogP contribution in [0.15, 0.2) is 35.2 Å². The third kappa shape index (κ3) is 4.07. The van der Waals surface area contributed by atoms with Gasteiger partial charge in [0.05, 0.1) is 17.1 Å². The summed E-state index contributed by atoms with van der Waals surface area (Å²) in [4.78, 5) is 22.4. The Morgan fingerprint density at radius 1 is 1.30 bits per heavy atom. The fourth-order valence-corrected chi connectivity index (χ4v) is 2.62. The van der Waals surface area contributed by atoms with Gasteiger partial charge in [0.15, 0.2) is 16.0 Å². The zero-order valence-electron chi connectivity index (χ0n) is 10.4. The summed E-state index contributed by atoms with van der Waals surface area (Å²) in [6, 6.07) is 6.55. The maximum absolute atomic E-state index is 11.9. The van der Waals surface area contributed by atoms with Crippen molar-refractivity contribution < 1.29 is 18.0 Å². The van der Waals surface area contributed by atoms with Gasteiger partial charge in [-0.3, -0.25) is 4.79 Å². The van der Waals surface area contributed by atoms with E-state index in [1.807, 2.05) is 0 Å². The van der Waals surface area contributed by atoms with Crippen LogP contribution in [0.5, 0.6) is 0 Å². The third-order valence-electron chi connectivity index (χ3n) is 2.35. The lowest BCUT2D eigenvalue weighted by Crippen LogP contribution is -2.37. The topological polar surface area (TPSA) is 121 Å². The van der Waals surface area contributed by atoms with E-state index < -0.39 is 21.8 Å². The lowest BCUT2D eigenvalue weighted by atomic mass is 10.3. The predicted octanol–water partition coefficient (Wildman–Crippen LogP) is 0.443. The van der Waals surface area contributed by atoms with Crippen LogP contribution < -0.4 is 5.73 Å². The first-order valence-corrected chi connectivity index (χ1v) is 7.18. The van der Waals surface area contributed by atoms with Gasteiger partial charge in [-0.05, 0) is 18.6 Å². The molecule has 0 heterocycles. The molecule has 1 radical (unpaired) electrons. The van der Waals surface area contributed by atoms with Gasteiger partial charge < -0.3 is 5.73 Å². The Balaban J connectivity index is 2.59. The van der Waals surface area contributed by atoms with Crippen LogP contribution in [-0.2, 0) is 14.6 Å². The first kappa shape index (κ1) is 15.7. The number of carbonyl (C=O) groups excluding carboxylic acids is 2. The smallest absolute Gasteiger partial charge is 0.335 e. The molecule has 1 rings (SSSR count). The van der Waals surface area contributed by atoms with Crippen molar-refractivity contribution in [2.45, 2.75) is 11.3 Å². The van der Waals surface area contributed by atoms with E-state index in [0.717, 1.165) is 6.42 Å². The first-order chi connectivity index (χ1) is 9.38. The van der Waals surface area contributed by atoms with Crippen molar-refractivity contribution in [3.8, 4) is 6.19 Å². The first-order valence-electron chi connectivity index (χ1n) is 5.53. The molecule has 1 aromatic rings. The molecular formula is C12H12N3O4S. The Morgan fingerprint density at radius 3 is 2.40 bits per heavy atom. The molecule has 0 saturated heterocycles. The van der Waals surface area contributed by atoms with Gasteiger partial charge in [-0.15, -0.1) is 0 Å². The number of sulfone groups is 1. The highest BCUT2D eigenvalue weighted by Crippen LogP contribution is 2.12. The Bertz CT molecular complexity index is 634. The third-order valence-corrected chi connectivity index (χ3v) is 4.11. The number of benzene rings is 1. The van der Waals surface area contributed by atoms with Gasteiger partial charge in [-0.2, -0.15) is 10.2 Å². The molecule has 7 nitrogen and oxygen atoms in total. The van der Waals surface area contributed by atoms with E-state index in [2.05, 4.69) is 0 Å². The van der Waals surface area contributed by atoms with E-state index in [9.17, 15) is 18.0 Å². The lowest BCUT2D eigenvalue weighted by Gasteiger charge is -2.08. The predicted molar refractivity (Wildman–Crippen MR) is 69.5 cm³/mol. The molecule has 0 aliphatic carbocycles. The zero-order valence-corrected chi connectivity index (χ0v) is 11.2. The highest BCUT2D eigenvalue weighted by Gasteiger charge is 2.20. The summed E-state index contributed by atoms with van der Waals surface area (Å²) in [6.07, 6.45) is 2.12. The normalized spacial score (nSPS) is 10.6. The van der Waals surface area contributed by atoms with Gasteiger partial charge in [0.25, 0.3) is 0 Å². The molecule has 0 aliphatic heterocycles. The summed E-state index contributed by atoms with van der Waals surface area (Å²) in [5.41, 5.74) is 4.80. The maximum atomic E-state index is 11.9. The molecule has 0 bridgehead atoms. The van der Waals surface area contributed by atoms with Crippen molar-refractivity contribution in [3.05, 3.63) is 36.8 Å². The molecule has 0 fully saturated rings. The Kier molecular flexibility index (Phi) is 5.23. The van der Waals surface area contributed by atoms with Gasteiger partial charge in [-0.1, -0.05) is 18.2 Å². The molecule has 0 atom stereocenters. The second kappa shape index (κ2) is 6.68. The fraction of sp³-hybridized carbons (Fsp3) is 0.167. The van der Waals surface area contributed by atoms with E-state index in [1.54, 1.807) is 18.2 Å². The molecule has 0 saturated carbocycles. The summed E-state index contributed by atoms with van der Waals surface area (Å²) in [5.74, 6) is -1.25. The number of amides is 3. The van der Waals surface area contributed by atoms with Crippen LogP contribution in [0.25, 0.3) is 0 Å². The quantitative estimate of drug-likeness (QED) is 0.624. The minimum absolute atomic E-state index is 0.123. The van der Waals surface area contributed by atoms with Crippen LogP contribution in [0.4, 0.5) is 4.79 Å². The molecule has 1 aromatic carbocycles. The Morgan fingerprint density at radius 2 is 1.90 bits per heavy atom. The zero-order chi connectivity index (χ0) is 15.2. The molecule has 0 unspecified atom stereocenters. The van der Waals surface area contributed by atoms with Crippen molar-refractivity contribution >= 4 is 21.8 Å². The second-order valence-corrected chi connectivity index (χ2v) is 5.85. The SMILES string of the molecule is N#CN(C(N)=O)C(=O)[CH]CCS(=O)(=O)c1ccccc1. The van der Waals surface area contributed by atoms with Gasteiger partial charge in [-0.25, -0.2) is 13.2 Å². The van der Waals surface area contributed by atoms with Crippen molar-refractivity contribution in [3.63, 3.8) is 0 Å². The number of nitriles is 1. The standard InChI is InChI=1S/C12H12N3O4S/c13-9-15(12(14)17)11(16)7-4-8-20(18,19)10-5-2-1-3-6-10/h1-3,5-7H,4,8H2,(H2,14,17). The average molecular weight is 294 g/mol. The molecule has 0 aromatic heterocycles. The summed E-state index contributed by atoms with van der Waals surface area (Å²) in [5, 5.41) is 8.52. The number of nitrogens with zero attached hydrogens (tertiary/aromatic N) is 2. The number of imide groups is 1. The van der Waals surface area contributed by atoms with Crippen molar-refractivity contribution in [2.75, 3.05) is 5.75 Å². The number of hydrogen-bond donors (Lipinski definition) is 1. The average Bonchev–Trinajstić information content (AvgIpc) is 2.40. The molecule has 8 heteroatoms. The van der Waals surface area contributed by atoms with Gasteiger partial charge >= 0.3 is 6.03 Å². The second-order valence-electron chi connectivity index (χ2n) is 3.74. The number of rotatable bonds is 5. The summed E-state index contributed by atoms with van der Waals surface area (Å²) < 4.78 is 23.8. The van der Waals surface area contributed by atoms with E-state index in [-0.39, 0.29) is 22.0 Å². The molecule has 3 amide bonds. The van der Waals surface area contributed by atoms with Gasteiger partial charge in [0.2, 0.25) is 5.91 Å². The van der Waals surface area contributed by atoms with Crippen LogP contribution in [-0.4, -0.2) is 31.0 Å². The fourth-order valence-electron chi connectivity index (χ4n) is 1.38.